The zero-order chi connectivity index (χ0) is 16.5. The number of para-hydroxylation sites is 1. The number of imide groups is 1. The molecule has 0 fully saturated rings. The summed E-state index contributed by atoms with van der Waals surface area (Å²) in [7, 11) is 3.56. The highest BCUT2D eigenvalue weighted by molar-refractivity contribution is 5.98. The Balaban J connectivity index is 2.37. The van der Waals surface area contributed by atoms with E-state index in [9.17, 15) is 14.4 Å². The molecular weight excluding hydrogens is 288 g/mol. The first-order chi connectivity index (χ1) is 10.4. The molecule has 1 aromatic carbocycles. The van der Waals surface area contributed by atoms with E-state index < -0.39 is 18.0 Å². The molecule has 0 atom stereocenters. The molecule has 0 saturated heterocycles. The number of nitrogens with one attached hydrogen (secondary N) is 4. The molecule has 0 aromatic heterocycles. The first kappa shape index (κ1) is 17.2. The summed E-state index contributed by atoms with van der Waals surface area (Å²) in [6, 6.07) is 5.36. The van der Waals surface area contributed by atoms with Crippen molar-refractivity contribution in [2.45, 2.75) is 0 Å². The number of amides is 5. The third-order valence-electron chi connectivity index (χ3n) is 2.50. The first-order valence-electron chi connectivity index (χ1n) is 6.50. The van der Waals surface area contributed by atoms with Gasteiger partial charge in [-0.15, -0.1) is 0 Å². The molecule has 0 aliphatic carbocycles. The van der Waals surface area contributed by atoms with E-state index in [2.05, 4.69) is 21.3 Å². The van der Waals surface area contributed by atoms with Crippen LogP contribution in [0.3, 0.4) is 0 Å². The number of nitrogens with zero attached hydrogens (tertiary/aromatic N) is 1. The van der Waals surface area contributed by atoms with Crippen molar-refractivity contribution < 1.29 is 14.4 Å². The molecule has 22 heavy (non-hydrogen) atoms. The Morgan fingerprint density at radius 2 is 1.73 bits per heavy atom. The van der Waals surface area contributed by atoms with Crippen LogP contribution in [0.4, 0.5) is 15.3 Å². The van der Waals surface area contributed by atoms with E-state index in [1.165, 1.54) is 0 Å². The molecule has 0 bridgehead atoms. The maximum absolute atomic E-state index is 11.5. The Morgan fingerprint density at radius 3 is 2.36 bits per heavy atom. The number of anilines is 1. The van der Waals surface area contributed by atoms with E-state index >= 15 is 0 Å². The second-order valence-corrected chi connectivity index (χ2v) is 4.64. The van der Waals surface area contributed by atoms with Gasteiger partial charge in [0, 0.05) is 5.69 Å². The summed E-state index contributed by atoms with van der Waals surface area (Å²) in [5.41, 5.74) is 6.04. The van der Waals surface area contributed by atoms with Gasteiger partial charge in [-0.3, -0.25) is 15.0 Å². The predicted octanol–water partition coefficient (Wildman–Crippen LogP) is -0.317. The third kappa shape index (κ3) is 6.09. The number of hydrogen-bond donors (Lipinski definition) is 5. The summed E-state index contributed by atoms with van der Waals surface area (Å²) < 4.78 is 0. The maximum atomic E-state index is 11.5. The van der Waals surface area contributed by atoms with E-state index in [1.54, 1.807) is 43.3 Å². The van der Waals surface area contributed by atoms with Crippen LogP contribution in [0.1, 0.15) is 10.4 Å². The second-order valence-electron chi connectivity index (χ2n) is 4.64. The number of urea groups is 2. The normalized spacial score (nSPS) is 9.95. The Kier molecular flexibility index (Phi) is 6.64. The van der Waals surface area contributed by atoms with Crippen molar-refractivity contribution in [1.29, 1.82) is 0 Å². The summed E-state index contributed by atoms with van der Waals surface area (Å²) in [5, 5.41) is 9.84. The topological polar surface area (TPSA) is 129 Å². The van der Waals surface area contributed by atoms with Gasteiger partial charge in [-0.2, -0.15) is 0 Å². The number of rotatable bonds is 6. The summed E-state index contributed by atoms with van der Waals surface area (Å²) in [4.78, 5) is 35.8. The van der Waals surface area contributed by atoms with E-state index in [0.717, 1.165) is 0 Å². The van der Waals surface area contributed by atoms with Crippen LogP contribution >= 0.6 is 0 Å². The molecule has 9 nitrogen and oxygen atoms in total. The molecule has 5 amide bonds. The van der Waals surface area contributed by atoms with Crippen molar-refractivity contribution in [3.8, 4) is 0 Å². The van der Waals surface area contributed by atoms with Gasteiger partial charge in [-0.05, 0) is 26.2 Å². The van der Waals surface area contributed by atoms with Gasteiger partial charge in [0.25, 0.3) is 5.91 Å². The molecule has 0 aliphatic rings. The molecule has 1 rings (SSSR count). The fraction of sp³-hybridized carbons (Fsp3) is 0.308. The van der Waals surface area contributed by atoms with Gasteiger partial charge in [0.15, 0.2) is 0 Å². The van der Waals surface area contributed by atoms with Gasteiger partial charge < -0.3 is 21.7 Å². The van der Waals surface area contributed by atoms with Crippen molar-refractivity contribution >= 4 is 23.7 Å². The van der Waals surface area contributed by atoms with Crippen LogP contribution in [0.2, 0.25) is 0 Å². The van der Waals surface area contributed by atoms with Crippen molar-refractivity contribution in [2.24, 2.45) is 5.73 Å². The van der Waals surface area contributed by atoms with Crippen molar-refractivity contribution in [2.75, 3.05) is 32.7 Å². The Bertz CT molecular complexity index is 546. The molecule has 0 saturated carbocycles. The number of nitrogens with two attached hydrogens (primary N) is 1. The second kappa shape index (κ2) is 8.47. The van der Waals surface area contributed by atoms with Gasteiger partial charge in [0.05, 0.1) is 18.9 Å². The highest BCUT2D eigenvalue weighted by Gasteiger charge is 2.08. The molecular formula is C13H20N6O3. The van der Waals surface area contributed by atoms with Crippen LogP contribution < -0.4 is 27.0 Å². The number of carbonyl (C=O) groups is 3. The maximum Gasteiger partial charge on any atom is 0.324 e. The number of benzene rings is 1. The Morgan fingerprint density at radius 1 is 1.09 bits per heavy atom. The van der Waals surface area contributed by atoms with Crippen LogP contribution in [-0.4, -0.2) is 50.3 Å². The molecule has 120 valence electrons. The van der Waals surface area contributed by atoms with Crippen LogP contribution in [0, 0.1) is 0 Å². The number of hydrogen-bond acceptors (Lipinski definition) is 5. The van der Waals surface area contributed by atoms with E-state index in [-0.39, 0.29) is 6.67 Å². The Labute approximate surface area is 128 Å². The molecule has 1 aromatic rings. The largest absolute Gasteiger partial charge is 0.367 e. The fourth-order valence-corrected chi connectivity index (χ4v) is 1.49. The van der Waals surface area contributed by atoms with Crippen LogP contribution in [0.25, 0.3) is 0 Å². The lowest BCUT2D eigenvalue weighted by Crippen LogP contribution is -2.47. The lowest BCUT2D eigenvalue weighted by atomic mass is 10.1. The fourth-order valence-electron chi connectivity index (χ4n) is 1.49. The smallest absolute Gasteiger partial charge is 0.324 e. The highest BCUT2D eigenvalue weighted by atomic mass is 16.2. The zero-order valence-corrected chi connectivity index (χ0v) is 12.5. The van der Waals surface area contributed by atoms with Crippen molar-refractivity contribution in [3.63, 3.8) is 0 Å². The van der Waals surface area contributed by atoms with Crippen molar-refractivity contribution in [1.82, 2.24) is 20.9 Å². The standard InChI is InChI=1S/C13H20N6O3/c1-19(2)8-17-13(22)18-12(21)16-7-15-10-6-4-3-5-9(10)11(14)20/h3-6,15H,7-8H2,1-2H3,(H2,14,20)(H3,16,17,18,21,22). The lowest BCUT2D eigenvalue weighted by molar-refractivity contribution is 0.100. The molecule has 0 heterocycles. The minimum Gasteiger partial charge on any atom is -0.367 e. The lowest BCUT2D eigenvalue weighted by Gasteiger charge is -2.13. The average molecular weight is 308 g/mol. The van der Waals surface area contributed by atoms with Crippen LogP contribution in [-0.2, 0) is 0 Å². The predicted molar refractivity (Wildman–Crippen MR) is 82.2 cm³/mol. The molecule has 0 spiro atoms. The number of primary amides is 1. The monoisotopic (exact) mass is 308 g/mol. The summed E-state index contributed by atoms with van der Waals surface area (Å²) in [5.74, 6) is -0.574. The molecule has 6 N–H and O–H groups in total. The van der Waals surface area contributed by atoms with E-state index in [0.29, 0.717) is 17.9 Å². The van der Waals surface area contributed by atoms with E-state index in [4.69, 9.17) is 5.73 Å². The molecule has 0 aliphatic heterocycles. The van der Waals surface area contributed by atoms with Gasteiger partial charge in [0.1, 0.15) is 0 Å². The molecule has 9 heteroatoms. The van der Waals surface area contributed by atoms with Crippen LogP contribution in [0.15, 0.2) is 24.3 Å². The Hall–Kier alpha value is -2.81. The van der Waals surface area contributed by atoms with Gasteiger partial charge in [-0.25, -0.2) is 9.59 Å². The minimum absolute atomic E-state index is 0.0249. The summed E-state index contributed by atoms with van der Waals surface area (Å²) in [6.45, 7) is 0.334. The van der Waals surface area contributed by atoms with E-state index in [1.807, 2.05) is 0 Å². The van der Waals surface area contributed by atoms with Crippen molar-refractivity contribution in [3.05, 3.63) is 29.8 Å². The summed E-state index contributed by atoms with van der Waals surface area (Å²) >= 11 is 0. The number of carbonyl (C=O) groups excluding carboxylic acids is 3. The molecule has 0 radical (unpaired) electrons. The van der Waals surface area contributed by atoms with Gasteiger partial charge in [-0.1, -0.05) is 12.1 Å². The average Bonchev–Trinajstić information content (AvgIpc) is 2.45. The molecule has 0 unspecified atom stereocenters. The zero-order valence-electron chi connectivity index (χ0n) is 12.5. The highest BCUT2D eigenvalue weighted by Crippen LogP contribution is 2.13. The summed E-state index contributed by atoms with van der Waals surface area (Å²) in [6.07, 6.45) is 0. The first-order valence-corrected chi connectivity index (χ1v) is 6.50. The quantitative estimate of drug-likeness (QED) is 0.460. The minimum atomic E-state index is -0.666. The third-order valence-corrected chi connectivity index (χ3v) is 2.50. The van der Waals surface area contributed by atoms with Gasteiger partial charge >= 0.3 is 12.1 Å². The SMILES string of the molecule is CN(C)CNC(=O)NC(=O)NCNc1ccccc1C(N)=O. The van der Waals surface area contributed by atoms with Crippen LogP contribution in [0.5, 0.6) is 0 Å². The van der Waals surface area contributed by atoms with Gasteiger partial charge in [0.2, 0.25) is 0 Å².